The first-order chi connectivity index (χ1) is 14.9. The third-order valence-electron chi connectivity index (χ3n) is 5.55. The normalized spacial score (nSPS) is 12.8. The number of aryl methyl sites for hydroxylation is 2. The first kappa shape index (κ1) is 20.3. The van der Waals surface area contributed by atoms with Gasteiger partial charge in [-0.05, 0) is 72.0 Å². The van der Waals surface area contributed by atoms with Crippen LogP contribution in [0.4, 0.5) is 5.69 Å². The number of hydrogen-bond donors (Lipinski definition) is 2. The molecule has 3 aromatic carbocycles. The SMILES string of the molecule is Cc1cc2c(cc1C)CN(c1cccc(C(=O)N/N=C\c3ccc(C(=O)O)cc3)c1)C2. The molecular formula is C25H23N3O3. The van der Waals surface area contributed by atoms with Crippen molar-refractivity contribution in [3.63, 3.8) is 0 Å². The van der Waals surface area contributed by atoms with Crippen molar-refractivity contribution in [2.75, 3.05) is 4.90 Å². The first-order valence-electron chi connectivity index (χ1n) is 10.0. The van der Waals surface area contributed by atoms with E-state index in [4.69, 9.17) is 5.11 Å². The summed E-state index contributed by atoms with van der Waals surface area (Å²) in [5, 5.41) is 12.9. The maximum absolute atomic E-state index is 12.5. The summed E-state index contributed by atoms with van der Waals surface area (Å²) in [4.78, 5) is 25.7. The molecule has 0 aromatic heterocycles. The molecule has 0 fully saturated rings. The highest BCUT2D eigenvalue weighted by Crippen LogP contribution is 2.30. The Morgan fingerprint density at radius 1 is 0.935 bits per heavy atom. The van der Waals surface area contributed by atoms with Crippen LogP contribution >= 0.6 is 0 Å². The van der Waals surface area contributed by atoms with E-state index in [1.165, 1.54) is 40.6 Å². The fraction of sp³-hybridized carbons (Fsp3) is 0.160. The average Bonchev–Trinajstić information content (AvgIpc) is 3.17. The lowest BCUT2D eigenvalue weighted by Gasteiger charge is -2.18. The smallest absolute Gasteiger partial charge is 0.335 e. The van der Waals surface area contributed by atoms with Crippen molar-refractivity contribution >= 4 is 23.8 Å². The third kappa shape index (κ3) is 4.48. The number of amides is 1. The standard InChI is InChI=1S/C25H23N3O3/c1-16-10-21-14-28(15-22(21)11-17(16)2)23-5-3-4-20(12-23)24(29)27-26-13-18-6-8-19(9-7-18)25(30)31/h3-13H,14-15H2,1-2H3,(H,27,29)(H,30,31)/b26-13-. The van der Waals surface area contributed by atoms with Gasteiger partial charge in [0.1, 0.15) is 0 Å². The summed E-state index contributed by atoms with van der Waals surface area (Å²) in [5.41, 5.74) is 10.2. The van der Waals surface area contributed by atoms with Crippen molar-refractivity contribution in [1.29, 1.82) is 0 Å². The largest absolute Gasteiger partial charge is 0.478 e. The van der Waals surface area contributed by atoms with Gasteiger partial charge in [0, 0.05) is 24.3 Å². The predicted octanol–water partition coefficient (Wildman–Crippen LogP) is 4.29. The molecular weight excluding hydrogens is 390 g/mol. The quantitative estimate of drug-likeness (QED) is 0.483. The second kappa shape index (κ2) is 8.44. The van der Waals surface area contributed by atoms with E-state index in [0.717, 1.165) is 18.8 Å². The van der Waals surface area contributed by atoms with Crippen LogP contribution in [0.1, 0.15) is 48.5 Å². The molecule has 0 radical (unpaired) electrons. The molecule has 6 nitrogen and oxygen atoms in total. The maximum atomic E-state index is 12.5. The lowest BCUT2D eigenvalue weighted by Crippen LogP contribution is -2.19. The van der Waals surface area contributed by atoms with E-state index in [-0.39, 0.29) is 11.5 Å². The zero-order chi connectivity index (χ0) is 22.0. The van der Waals surface area contributed by atoms with Crippen molar-refractivity contribution in [2.45, 2.75) is 26.9 Å². The number of nitrogens with zero attached hydrogens (tertiary/aromatic N) is 2. The van der Waals surface area contributed by atoms with Gasteiger partial charge in [-0.25, -0.2) is 10.2 Å². The second-order valence-electron chi connectivity index (χ2n) is 7.74. The summed E-state index contributed by atoms with van der Waals surface area (Å²) in [6.45, 7) is 5.91. The zero-order valence-electron chi connectivity index (χ0n) is 17.4. The topological polar surface area (TPSA) is 82.0 Å². The Morgan fingerprint density at radius 3 is 2.19 bits per heavy atom. The molecule has 0 spiro atoms. The number of aromatic carboxylic acids is 1. The fourth-order valence-corrected chi connectivity index (χ4v) is 3.67. The highest BCUT2D eigenvalue weighted by atomic mass is 16.4. The third-order valence-corrected chi connectivity index (χ3v) is 5.55. The minimum Gasteiger partial charge on any atom is -0.478 e. The molecule has 0 unspecified atom stereocenters. The van der Waals surface area contributed by atoms with Crippen LogP contribution in [0.15, 0.2) is 65.8 Å². The van der Waals surface area contributed by atoms with Crippen molar-refractivity contribution in [2.24, 2.45) is 5.10 Å². The number of rotatable bonds is 5. The predicted molar refractivity (Wildman–Crippen MR) is 121 cm³/mol. The van der Waals surface area contributed by atoms with Gasteiger partial charge in [-0.2, -0.15) is 5.10 Å². The van der Waals surface area contributed by atoms with E-state index >= 15 is 0 Å². The lowest BCUT2D eigenvalue weighted by atomic mass is 10.0. The number of carboxylic acids is 1. The Labute approximate surface area is 180 Å². The zero-order valence-corrected chi connectivity index (χ0v) is 17.4. The van der Waals surface area contributed by atoms with Gasteiger partial charge in [-0.1, -0.05) is 30.3 Å². The number of carboxylic acid groups (broad SMARTS) is 1. The summed E-state index contributed by atoms with van der Waals surface area (Å²) in [5.74, 6) is -1.29. The van der Waals surface area contributed by atoms with Crippen molar-refractivity contribution < 1.29 is 14.7 Å². The molecule has 1 heterocycles. The Morgan fingerprint density at radius 2 is 1.58 bits per heavy atom. The lowest BCUT2D eigenvalue weighted by molar-refractivity contribution is 0.0696. The van der Waals surface area contributed by atoms with Crippen molar-refractivity contribution in [3.8, 4) is 0 Å². The molecule has 2 N–H and O–H groups in total. The van der Waals surface area contributed by atoms with Gasteiger partial charge in [0.2, 0.25) is 0 Å². The van der Waals surface area contributed by atoms with Crippen LogP contribution in [-0.4, -0.2) is 23.2 Å². The van der Waals surface area contributed by atoms with Crippen LogP contribution in [0.3, 0.4) is 0 Å². The molecule has 6 heteroatoms. The molecule has 0 bridgehead atoms. The van der Waals surface area contributed by atoms with Gasteiger partial charge in [-0.15, -0.1) is 0 Å². The first-order valence-corrected chi connectivity index (χ1v) is 10.0. The van der Waals surface area contributed by atoms with Gasteiger partial charge >= 0.3 is 5.97 Å². The van der Waals surface area contributed by atoms with Crippen molar-refractivity contribution in [1.82, 2.24) is 5.43 Å². The van der Waals surface area contributed by atoms with Gasteiger partial charge in [0.05, 0.1) is 11.8 Å². The molecule has 31 heavy (non-hydrogen) atoms. The van der Waals surface area contributed by atoms with E-state index in [2.05, 4.69) is 41.4 Å². The number of benzene rings is 3. The molecule has 0 atom stereocenters. The van der Waals surface area contributed by atoms with Gasteiger partial charge < -0.3 is 10.0 Å². The highest BCUT2D eigenvalue weighted by Gasteiger charge is 2.20. The van der Waals surface area contributed by atoms with Crippen LogP contribution in [0.5, 0.6) is 0 Å². The summed E-state index contributed by atoms with van der Waals surface area (Å²) >= 11 is 0. The van der Waals surface area contributed by atoms with Gasteiger partial charge in [0.15, 0.2) is 0 Å². The van der Waals surface area contributed by atoms with Crippen LogP contribution in [0, 0.1) is 13.8 Å². The van der Waals surface area contributed by atoms with Gasteiger partial charge in [0.25, 0.3) is 5.91 Å². The summed E-state index contributed by atoms with van der Waals surface area (Å²) in [6.07, 6.45) is 1.48. The molecule has 0 saturated heterocycles. The molecule has 0 aliphatic carbocycles. The number of carbonyl (C=O) groups excluding carboxylic acids is 1. The van der Waals surface area contributed by atoms with Crippen LogP contribution in [-0.2, 0) is 13.1 Å². The molecule has 1 amide bonds. The molecule has 4 rings (SSSR count). The van der Waals surface area contributed by atoms with E-state index in [9.17, 15) is 9.59 Å². The number of nitrogens with one attached hydrogen (secondary N) is 1. The minimum atomic E-state index is -0.983. The van der Waals surface area contributed by atoms with Gasteiger partial charge in [-0.3, -0.25) is 4.79 Å². The minimum absolute atomic E-state index is 0.201. The monoisotopic (exact) mass is 413 g/mol. The average molecular weight is 413 g/mol. The molecule has 3 aromatic rings. The second-order valence-corrected chi connectivity index (χ2v) is 7.74. The fourth-order valence-electron chi connectivity index (χ4n) is 3.67. The summed E-state index contributed by atoms with van der Waals surface area (Å²) < 4.78 is 0. The summed E-state index contributed by atoms with van der Waals surface area (Å²) in [6, 6.07) is 18.3. The number of hydrogen-bond acceptors (Lipinski definition) is 4. The highest BCUT2D eigenvalue weighted by molar-refractivity contribution is 5.96. The summed E-state index contributed by atoms with van der Waals surface area (Å²) in [7, 11) is 0. The molecule has 0 saturated carbocycles. The number of carbonyl (C=O) groups is 2. The molecule has 1 aliphatic heterocycles. The Balaban J connectivity index is 1.42. The Bertz CT molecular complexity index is 1150. The number of hydrazone groups is 1. The van der Waals surface area contributed by atoms with E-state index in [1.54, 1.807) is 18.2 Å². The Hall–Kier alpha value is -3.93. The Kier molecular flexibility index (Phi) is 5.54. The molecule has 156 valence electrons. The van der Waals surface area contributed by atoms with E-state index in [1.807, 2.05) is 18.2 Å². The van der Waals surface area contributed by atoms with Crippen molar-refractivity contribution in [3.05, 3.63) is 99.6 Å². The van der Waals surface area contributed by atoms with Crippen LogP contribution < -0.4 is 10.3 Å². The maximum Gasteiger partial charge on any atom is 0.335 e. The van der Waals surface area contributed by atoms with E-state index in [0.29, 0.717) is 11.1 Å². The molecule has 1 aliphatic rings. The number of anilines is 1. The van der Waals surface area contributed by atoms with Crippen LogP contribution in [0.2, 0.25) is 0 Å². The van der Waals surface area contributed by atoms with Crippen LogP contribution in [0.25, 0.3) is 0 Å². The number of fused-ring (bicyclic) bond motifs is 1. The van der Waals surface area contributed by atoms with E-state index < -0.39 is 5.97 Å².